The molecule has 0 amide bonds. The smallest absolute Gasteiger partial charge is 0.147 e. The molecule has 0 bridgehead atoms. The van der Waals surface area contributed by atoms with E-state index in [2.05, 4.69) is 0 Å². The Kier molecular flexibility index (Phi) is 2.78. The standard InChI is InChI=1S/C7H13NO2S/c1-6(9)7-4-3-5-8(7)11(2)10/h7H,3-5H2,1-2H3. The number of ketones is 1. The lowest BCUT2D eigenvalue weighted by molar-refractivity contribution is -0.119. The second-order valence-corrected chi connectivity index (χ2v) is 4.15. The van der Waals surface area contributed by atoms with Gasteiger partial charge in [-0.25, -0.2) is 8.51 Å². The van der Waals surface area contributed by atoms with Crippen LogP contribution in [0.15, 0.2) is 0 Å². The highest BCUT2D eigenvalue weighted by molar-refractivity contribution is 7.81. The maximum absolute atomic E-state index is 11.0. The average molecular weight is 175 g/mol. The summed E-state index contributed by atoms with van der Waals surface area (Å²) in [6.45, 7) is 2.36. The SMILES string of the molecule is CC(=O)C1CCCN1S(C)=O. The van der Waals surface area contributed by atoms with E-state index >= 15 is 0 Å². The predicted octanol–water partition coefficient (Wildman–Crippen LogP) is 0.333. The molecule has 0 N–H and O–H groups in total. The monoisotopic (exact) mass is 175 g/mol. The van der Waals surface area contributed by atoms with Gasteiger partial charge >= 0.3 is 0 Å². The van der Waals surface area contributed by atoms with E-state index in [0.29, 0.717) is 0 Å². The predicted molar refractivity (Wildman–Crippen MR) is 44.5 cm³/mol. The van der Waals surface area contributed by atoms with Crippen molar-refractivity contribution in [2.75, 3.05) is 12.8 Å². The highest BCUT2D eigenvalue weighted by Gasteiger charge is 2.30. The van der Waals surface area contributed by atoms with Crippen LogP contribution in [0.5, 0.6) is 0 Å². The van der Waals surface area contributed by atoms with Gasteiger partial charge in [0, 0.05) is 12.8 Å². The van der Waals surface area contributed by atoms with Gasteiger partial charge < -0.3 is 0 Å². The fraction of sp³-hybridized carbons (Fsp3) is 0.857. The molecule has 64 valence electrons. The van der Waals surface area contributed by atoms with Crippen LogP contribution in [0.25, 0.3) is 0 Å². The number of Topliss-reactive ketones (excluding diaryl/α,β-unsaturated/α-hetero) is 1. The van der Waals surface area contributed by atoms with Crippen LogP contribution in [0.1, 0.15) is 19.8 Å². The Morgan fingerprint density at radius 1 is 1.64 bits per heavy atom. The Labute approximate surface area is 69.4 Å². The third-order valence-electron chi connectivity index (χ3n) is 2.00. The molecule has 4 heteroatoms. The zero-order chi connectivity index (χ0) is 8.43. The molecule has 0 aromatic carbocycles. The zero-order valence-corrected chi connectivity index (χ0v) is 7.69. The number of carbonyl (C=O) groups is 1. The summed E-state index contributed by atoms with van der Waals surface area (Å²) < 4.78 is 12.8. The molecule has 0 aliphatic carbocycles. The Bertz CT molecular complexity index is 173. The molecule has 1 heterocycles. The lowest BCUT2D eigenvalue weighted by Gasteiger charge is -2.17. The van der Waals surface area contributed by atoms with Crippen molar-refractivity contribution >= 4 is 16.8 Å². The summed E-state index contributed by atoms with van der Waals surface area (Å²) >= 11 is 0. The summed E-state index contributed by atoms with van der Waals surface area (Å²) in [5, 5.41) is 0. The van der Waals surface area contributed by atoms with Gasteiger partial charge in [-0.05, 0) is 19.8 Å². The molecule has 0 aromatic rings. The normalized spacial score (nSPS) is 28.7. The minimum Gasteiger partial charge on any atom is -0.298 e. The number of nitrogens with zero attached hydrogens (tertiary/aromatic N) is 1. The van der Waals surface area contributed by atoms with Gasteiger partial charge in [-0.2, -0.15) is 0 Å². The van der Waals surface area contributed by atoms with E-state index in [-0.39, 0.29) is 11.8 Å². The summed E-state index contributed by atoms with van der Waals surface area (Å²) in [6.07, 6.45) is 3.49. The number of hydrogen-bond acceptors (Lipinski definition) is 2. The minimum atomic E-state index is -0.979. The van der Waals surface area contributed by atoms with Crippen molar-refractivity contribution in [1.29, 1.82) is 0 Å². The van der Waals surface area contributed by atoms with Crippen molar-refractivity contribution in [2.24, 2.45) is 0 Å². The largest absolute Gasteiger partial charge is 0.298 e. The summed E-state index contributed by atoms with van der Waals surface area (Å²) in [6, 6.07) is -0.0826. The van der Waals surface area contributed by atoms with E-state index in [1.54, 1.807) is 17.5 Å². The van der Waals surface area contributed by atoms with Crippen molar-refractivity contribution in [1.82, 2.24) is 4.31 Å². The maximum atomic E-state index is 11.0. The van der Waals surface area contributed by atoms with Crippen molar-refractivity contribution in [2.45, 2.75) is 25.8 Å². The first-order valence-electron chi connectivity index (χ1n) is 3.73. The van der Waals surface area contributed by atoms with Gasteiger partial charge in [0.25, 0.3) is 0 Å². The molecular weight excluding hydrogens is 162 g/mol. The van der Waals surface area contributed by atoms with Gasteiger partial charge in [0.2, 0.25) is 0 Å². The van der Waals surface area contributed by atoms with Gasteiger partial charge in [0.1, 0.15) is 5.78 Å². The zero-order valence-electron chi connectivity index (χ0n) is 6.87. The van der Waals surface area contributed by atoms with Crippen LogP contribution in [0.4, 0.5) is 0 Å². The van der Waals surface area contributed by atoms with E-state index in [9.17, 15) is 9.00 Å². The minimum absolute atomic E-state index is 0.0826. The van der Waals surface area contributed by atoms with E-state index < -0.39 is 11.0 Å². The van der Waals surface area contributed by atoms with Crippen molar-refractivity contribution in [3.8, 4) is 0 Å². The van der Waals surface area contributed by atoms with E-state index in [1.165, 1.54) is 0 Å². The van der Waals surface area contributed by atoms with Crippen LogP contribution >= 0.6 is 0 Å². The fourth-order valence-corrected chi connectivity index (χ4v) is 2.45. The molecule has 0 spiro atoms. The molecule has 0 aromatic heterocycles. The van der Waals surface area contributed by atoms with Gasteiger partial charge in [-0.15, -0.1) is 0 Å². The van der Waals surface area contributed by atoms with Crippen molar-refractivity contribution in [3.05, 3.63) is 0 Å². The summed E-state index contributed by atoms with van der Waals surface area (Å²) in [5.41, 5.74) is 0. The third kappa shape index (κ3) is 1.87. The van der Waals surface area contributed by atoms with Crippen LogP contribution in [0, 0.1) is 0 Å². The maximum Gasteiger partial charge on any atom is 0.147 e. The quantitative estimate of drug-likeness (QED) is 0.606. The van der Waals surface area contributed by atoms with Crippen LogP contribution in [0.3, 0.4) is 0 Å². The highest BCUT2D eigenvalue weighted by Crippen LogP contribution is 2.18. The topological polar surface area (TPSA) is 37.4 Å². The van der Waals surface area contributed by atoms with Crippen LogP contribution < -0.4 is 0 Å². The molecule has 0 saturated carbocycles. The molecule has 0 radical (unpaired) electrons. The summed E-state index contributed by atoms with van der Waals surface area (Å²) in [5.74, 6) is 0.137. The molecule has 2 atom stereocenters. The van der Waals surface area contributed by atoms with Gasteiger partial charge in [-0.3, -0.25) is 4.79 Å². The molecule has 1 fully saturated rings. The fourth-order valence-electron chi connectivity index (χ4n) is 1.45. The van der Waals surface area contributed by atoms with E-state index in [1.807, 2.05) is 0 Å². The van der Waals surface area contributed by atoms with E-state index in [4.69, 9.17) is 0 Å². The van der Waals surface area contributed by atoms with E-state index in [0.717, 1.165) is 19.4 Å². The van der Waals surface area contributed by atoms with Gasteiger partial charge in [0.05, 0.1) is 17.0 Å². The van der Waals surface area contributed by atoms with Crippen molar-refractivity contribution < 1.29 is 9.00 Å². The van der Waals surface area contributed by atoms with Crippen LogP contribution in [-0.2, 0) is 15.8 Å². The third-order valence-corrected chi connectivity index (χ3v) is 3.10. The summed E-state index contributed by atoms with van der Waals surface area (Å²) in [4.78, 5) is 11.0. The molecule has 1 aliphatic heterocycles. The molecule has 1 rings (SSSR count). The average Bonchev–Trinajstić information content (AvgIpc) is 2.32. The van der Waals surface area contributed by atoms with Crippen molar-refractivity contribution in [3.63, 3.8) is 0 Å². The molecular formula is C7H13NO2S. The van der Waals surface area contributed by atoms with Crippen LogP contribution in [0.2, 0.25) is 0 Å². The first-order valence-corrected chi connectivity index (χ1v) is 5.25. The Balaban J connectivity index is 2.65. The second kappa shape index (κ2) is 3.45. The molecule has 11 heavy (non-hydrogen) atoms. The number of hydrogen-bond donors (Lipinski definition) is 0. The second-order valence-electron chi connectivity index (χ2n) is 2.83. The number of rotatable bonds is 2. The lowest BCUT2D eigenvalue weighted by atomic mass is 10.2. The Morgan fingerprint density at radius 3 is 2.64 bits per heavy atom. The van der Waals surface area contributed by atoms with Gasteiger partial charge in [-0.1, -0.05) is 0 Å². The molecule has 3 nitrogen and oxygen atoms in total. The number of carbonyl (C=O) groups excluding carboxylic acids is 1. The highest BCUT2D eigenvalue weighted by atomic mass is 32.2. The molecule has 1 saturated heterocycles. The Hall–Kier alpha value is -0.220. The first-order chi connectivity index (χ1) is 5.13. The lowest BCUT2D eigenvalue weighted by Crippen LogP contribution is -2.35. The van der Waals surface area contributed by atoms with Gasteiger partial charge in [0.15, 0.2) is 0 Å². The summed E-state index contributed by atoms with van der Waals surface area (Å²) in [7, 11) is -0.979. The van der Waals surface area contributed by atoms with Crippen LogP contribution in [-0.4, -0.2) is 33.1 Å². The first kappa shape index (κ1) is 8.87. The Morgan fingerprint density at radius 2 is 2.27 bits per heavy atom. The molecule has 2 unspecified atom stereocenters. The molecule has 1 aliphatic rings.